The third-order valence-electron chi connectivity index (χ3n) is 2.48. The van der Waals surface area contributed by atoms with E-state index in [-0.39, 0.29) is 0 Å². The average molecular weight is 332 g/mol. The smallest absolute Gasteiger partial charge is 0.162 e. The van der Waals surface area contributed by atoms with E-state index in [2.05, 4.69) is 57.4 Å². The molecule has 0 bridgehead atoms. The van der Waals surface area contributed by atoms with Crippen molar-refractivity contribution in [1.29, 1.82) is 0 Å². The second-order valence-electron chi connectivity index (χ2n) is 4.16. The molecule has 2 heterocycles. The van der Waals surface area contributed by atoms with Gasteiger partial charge in [-0.2, -0.15) is 11.3 Å². The lowest BCUT2D eigenvalue weighted by atomic mass is 10.1. The first kappa shape index (κ1) is 13.0. The van der Waals surface area contributed by atoms with Gasteiger partial charge in [0.05, 0.1) is 10.2 Å². The maximum atomic E-state index is 6.14. The van der Waals surface area contributed by atoms with Crippen LogP contribution in [0.2, 0.25) is 5.15 Å². The van der Waals surface area contributed by atoms with Crippen molar-refractivity contribution in [2.24, 2.45) is 0 Å². The van der Waals surface area contributed by atoms with E-state index in [1.54, 1.807) is 11.3 Å². The van der Waals surface area contributed by atoms with E-state index >= 15 is 0 Å². The maximum absolute atomic E-state index is 6.14. The highest BCUT2D eigenvalue weighted by atomic mass is 79.9. The number of aromatic nitrogens is 2. The summed E-state index contributed by atoms with van der Waals surface area (Å²) in [6, 6.07) is 0. The fourth-order valence-corrected chi connectivity index (χ4v) is 3.17. The van der Waals surface area contributed by atoms with Crippen LogP contribution in [-0.2, 0) is 0 Å². The van der Waals surface area contributed by atoms with Crippen molar-refractivity contribution in [1.82, 2.24) is 9.97 Å². The molecular formula is C12H12BrClN2S. The standard InChI is InChI=1S/C12H12BrClN2S/c1-6(2)10-9(13)11(14)16-12(15-10)8-5-17-4-7(8)3/h4-6H,1-3H3. The number of rotatable bonds is 2. The molecule has 0 aromatic carbocycles. The SMILES string of the molecule is Cc1cscc1-c1nc(Cl)c(Br)c(C(C)C)n1. The molecule has 5 heteroatoms. The Morgan fingerprint density at radius 1 is 1.29 bits per heavy atom. The van der Waals surface area contributed by atoms with Gasteiger partial charge in [0.2, 0.25) is 0 Å². The van der Waals surface area contributed by atoms with Gasteiger partial charge in [-0.05, 0) is 39.7 Å². The first-order chi connectivity index (χ1) is 8.00. The molecular weight excluding hydrogens is 320 g/mol. The highest BCUT2D eigenvalue weighted by Crippen LogP contribution is 2.32. The topological polar surface area (TPSA) is 25.8 Å². The molecule has 0 amide bonds. The quantitative estimate of drug-likeness (QED) is 0.719. The molecule has 0 unspecified atom stereocenters. The van der Waals surface area contributed by atoms with E-state index in [1.807, 2.05) is 0 Å². The Morgan fingerprint density at radius 3 is 2.53 bits per heavy atom. The van der Waals surface area contributed by atoms with E-state index in [0.29, 0.717) is 16.9 Å². The summed E-state index contributed by atoms with van der Waals surface area (Å²) < 4.78 is 0.797. The molecule has 2 aromatic heterocycles. The van der Waals surface area contributed by atoms with E-state index in [4.69, 9.17) is 11.6 Å². The third kappa shape index (κ3) is 2.54. The summed E-state index contributed by atoms with van der Waals surface area (Å²) in [5.41, 5.74) is 3.19. The molecule has 0 spiro atoms. The fraction of sp³-hybridized carbons (Fsp3) is 0.333. The van der Waals surface area contributed by atoms with Crippen LogP contribution >= 0.6 is 38.9 Å². The van der Waals surface area contributed by atoms with Crippen LogP contribution in [0.4, 0.5) is 0 Å². The number of aryl methyl sites for hydroxylation is 1. The highest BCUT2D eigenvalue weighted by molar-refractivity contribution is 9.10. The monoisotopic (exact) mass is 330 g/mol. The zero-order valence-electron chi connectivity index (χ0n) is 9.79. The molecule has 0 radical (unpaired) electrons. The first-order valence-corrected chi connectivity index (χ1v) is 7.38. The Balaban J connectivity index is 2.61. The normalized spacial score (nSPS) is 11.2. The summed E-state index contributed by atoms with van der Waals surface area (Å²) in [4.78, 5) is 8.93. The summed E-state index contributed by atoms with van der Waals surface area (Å²) in [5.74, 6) is 1.02. The Labute approximate surface area is 118 Å². The predicted octanol–water partition coefficient (Wildman–Crippen LogP) is 5.05. The van der Waals surface area contributed by atoms with Crippen molar-refractivity contribution in [3.63, 3.8) is 0 Å². The number of nitrogens with zero attached hydrogens (tertiary/aromatic N) is 2. The lowest BCUT2D eigenvalue weighted by Crippen LogP contribution is -2.00. The second kappa shape index (κ2) is 5.04. The average Bonchev–Trinajstić information content (AvgIpc) is 2.68. The van der Waals surface area contributed by atoms with E-state index in [0.717, 1.165) is 15.7 Å². The Morgan fingerprint density at radius 2 is 2.00 bits per heavy atom. The molecule has 0 fully saturated rings. The molecule has 2 rings (SSSR count). The van der Waals surface area contributed by atoms with Gasteiger partial charge in [-0.1, -0.05) is 25.4 Å². The first-order valence-electron chi connectivity index (χ1n) is 5.26. The minimum Gasteiger partial charge on any atom is -0.231 e. The van der Waals surface area contributed by atoms with Gasteiger partial charge < -0.3 is 0 Å². The van der Waals surface area contributed by atoms with Gasteiger partial charge in [-0.25, -0.2) is 9.97 Å². The number of hydrogen-bond donors (Lipinski definition) is 0. The Bertz CT molecular complexity index is 551. The molecule has 2 aromatic rings. The molecule has 0 N–H and O–H groups in total. The molecule has 90 valence electrons. The molecule has 0 saturated carbocycles. The summed E-state index contributed by atoms with van der Waals surface area (Å²) in [6.45, 7) is 6.24. The van der Waals surface area contributed by atoms with E-state index < -0.39 is 0 Å². The molecule has 0 atom stereocenters. The van der Waals surface area contributed by atoms with Crippen molar-refractivity contribution >= 4 is 38.9 Å². The summed E-state index contributed by atoms with van der Waals surface area (Å²) in [5, 5.41) is 4.62. The van der Waals surface area contributed by atoms with Crippen molar-refractivity contribution in [3.8, 4) is 11.4 Å². The maximum Gasteiger partial charge on any atom is 0.162 e. The second-order valence-corrected chi connectivity index (χ2v) is 6.06. The third-order valence-corrected chi connectivity index (χ3v) is 4.62. The van der Waals surface area contributed by atoms with E-state index in [1.165, 1.54) is 5.56 Å². The summed E-state index contributed by atoms with van der Waals surface area (Å²) in [6.07, 6.45) is 0. The molecule has 0 aliphatic rings. The molecule has 0 saturated heterocycles. The van der Waals surface area contributed by atoms with Crippen LogP contribution in [0, 0.1) is 6.92 Å². The summed E-state index contributed by atoms with van der Waals surface area (Å²) >= 11 is 11.2. The minimum absolute atomic E-state index is 0.308. The molecule has 17 heavy (non-hydrogen) atoms. The van der Waals surface area contributed by atoms with Crippen LogP contribution in [0.5, 0.6) is 0 Å². The lowest BCUT2D eigenvalue weighted by molar-refractivity contribution is 0.809. The van der Waals surface area contributed by atoms with Gasteiger partial charge >= 0.3 is 0 Å². The van der Waals surface area contributed by atoms with Crippen molar-refractivity contribution in [2.75, 3.05) is 0 Å². The van der Waals surface area contributed by atoms with Gasteiger partial charge in [0, 0.05) is 10.9 Å². The van der Waals surface area contributed by atoms with Gasteiger partial charge in [0.25, 0.3) is 0 Å². The van der Waals surface area contributed by atoms with E-state index in [9.17, 15) is 0 Å². The van der Waals surface area contributed by atoms with Crippen LogP contribution in [0.1, 0.15) is 31.0 Å². The van der Waals surface area contributed by atoms with Gasteiger partial charge in [0.1, 0.15) is 5.15 Å². The van der Waals surface area contributed by atoms with Crippen molar-refractivity contribution in [3.05, 3.63) is 31.6 Å². The van der Waals surface area contributed by atoms with Crippen LogP contribution in [0.25, 0.3) is 11.4 Å². The van der Waals surface area contributed by atoms with Gasteiger partial charge in [-0.15, -0.1) is 0 Å². The van der Waals surface area contributed by atoms with Crippen molar-refractivity contribution < 1.29 is 0 Å². The minimum atomic E-state index is 0.308. The van der Waals surface area contributed by atoms with Gasteiger partial charge in [0.15, 0.2) is 5.82 Å². The zero-order chi connectivity index (χ0) is 12.6. The van der Waals surface area contributed by atoms with Crippen LogP contribution in [0.3, 0.4) is 0 Å². The molecule has 0 aliphatic carbocycles. The molecule has 2 nitrogen and oxygen atoms in total. The summed E-state index contributed by atoms with van der Waals surface area (Å²) in [7, 11) is 0. The lowest BCUT2D eigenvalue weighted by Gasteiger charge is -2.10. The zero-order valence-corrected chi connectivity index (χ0v) is 12.9. The van der Waals surface area contributed by atoms with Crippen LogP contribution < -0.4 is 0 Å². The van der Waals surface area contributed by atoms with Crippen molar-refractivity contribution in [2.45, 2.75) is 26.7 Å². The largest absolute Gasteiger partial charge is 0.231 e. The van der Waals surface area contributed by atoms with Crippen LogP contribution in [0.15, 0.2) is 15.2 Å². The Kier molecular flexibility index (Phi) is 3.85. The number of thiophene rings is 1. The number of hydrogen-bond acceptors (Lipinski definition) is 3. The molecule has 0 aliphatic heterocycles. The highest BCUT2D eigenvalue weighted by Gasteiger charge is 2.15. The van der Waals surface area contributed by atoms with Crippen LogP contribution in [-0.4, -0.2) is 9.97 Å². The Hall–Kier alpha value is -0.450. The van der Waals surface area contributed by atoms with Gasteiger partial charge in [-0.3, -0.25) is 0 Å². The predicted molar refractivity (Wildman–Crippen MR) is 76.9 cm³/mol. The fourth-order valence-electron chi connectivity index (χ4n) is 1.53. The number of halogens is 2.